The van der Waals surface area contributed by atoms with Crippen molar-refractivity contribution in [1.29, 1.82) is 0 Å². The van der Waals surface area contributed by atoms with E-state index in [4.69, 9.17) is 14.2 Å². The van der Waals surface area contributed by atoms with E-state index in [9.17, 15) is 9.59 Å². The summed E-state index contributed by atoms with van der Waals surface area (Å²) in [5, 5.41) is 0. The summed E-state index contributed by atoms with van der Waals surface area (Å²) in [4.78, 5) is 30.4. The monoisotopic (exact) mass is 572 g/mol. The Balaban J connectivity index is 1.27. The Labute approximate surface area is 248 Å². The van der Waals surface area contributed by atoms with Gasteiger partial charge in [-0.15, -0.1) is 0 Å². The smallest absolute Gasteiger partial charge is 0.306 e. The average molecular weight is 573 g/mol. The third kappa shape index (κ3) is 5.50. The summed E-state index contributed by atoms with van der Waals surface area (Å²) in [6.45, 7) is 14.5. The molecule has 232 valence electrons. The second kappa shape index (κ2) is 12.1. The Hall–Kier alpha value is -1.18. The second-order valence-electron chi connectivity index (χ2n) is 15.1. The number of likely N-dealkylation sites (tertiary alicyclic amines) is 1. The maximum atomic E-state index is 13.0. The molecule has 4 saturated carbocycles. The summed E-state index contributed by atoms with van der Waals surface area (Å²) < 4.78 is 18.3. The molecule has 0 N–H and O–H groups in total. The molecular weight excluding hydrogens is 516 g/mol. The fraction of sp³-hybridized carbons (Fsp3) is 0.941. The second-order valence-corrected chi connectivity index (χ2v) is 15.1. The minimum atomic E-state index is -0.141. The van der Waals surface area contributed by atoms with E-state index in [0.29, 0.717) is 36.1 Å². The van der Waals surface area contributed by atoms with Crippen LogP contribution in [0.25, 0.3) is 0 Å². The van der Waals surface area contributed by atoms with E-state index < -0.39 is 0 Å². The molecular formula is C34H56N2O5. The summed E-state index contributed by atoms with van der Waals surface area (Å²) in [6, 6.07) is 0.653. The minimum Gasteiger partial charge on any atom is -0.461 e. The molecule has 2 saturated heterocycles. The van der Waals surface area contributed by atoms with Crippen LogP contribution >= 0.6 is 0 Å². The average Bonchev–Trinajstić information content (AvgIpc) is 3.26. The van der Waals surface area contributed by atoms with Gasteiger partial charge in [-0.1, -0.05) is 27.2 Å². The van der Waals surface area contributed by atoms with Crippen molar-refractivity contribution in [2.45, 2.75) is 129 Å². The van der Waals surface area contributed by atoms with Crippen LogP contribution in [0.15, 0.2) is 0 Å². The fourth-order valence-electron chi connectivity index (χ4n) is 11.0. The van der Waals surface area contributed by atoms with E-state index in [1.165, 1.54) is 44.9 Å². The Bertz CT molecular complexity index is 947. The van der Waals surface area contributed by atoms with Gasteiger partial charge in [-0.25, -0.2) is 0 Å². The predicted octanol–water partition coefficient (Wildman–Crippen LogP) is 5.45. The zero-order valence-electron chi connectivity index (χ0n) is 26.3. The van der Waals surface area contributed by atoms with Gasteiger partial charge in [0.25, 0.3) is 0 Å². The maximum Gasteiger partial charge on any atom is 0.306 e. The standard InChI is InChI=1S/C34H56N2O5/c1-5-9-31(38)41-32-28(35-14-7-6-8-15-35)21-27-25-11-10-24-20-30(40-23(2)37)29(36-16-18-39-19-17-36)22-34(24,4)26(25)12-13-33(27,32)3/h24-30,32H,5-22H2,1-4H3/t24?,25-,26-,27+,28?,29?,30?,32?,33+,34+/m1/s1. The van der Waals surface area contributed by atoms with Gasteiger partial charge in [-0.2, -0.15) is 0 Å². The minimum absolute atomic E-state index is 0.00796. The van der Waals surface area contributed by atoms with Crippen molar-refractivity contribution in [1.82, 2.24) is 9.80 Å². The summed E-state index contributed by atoms with van der Waals surface area (Å²) >= 11 is 0. The third-order valence-electron chi connectivity index (χ3n) is 13.0. The maximum absolute atomic E-state index is 13.0. The number of hydrogen-bond donors (Lipinski definition) is 0. The number of nitrogens with zero attached hydrogens (tertiary/aromatic N) is 2. The number of carbonyl (C=O) groups excluding carboxylic acids is 2. The van der Waals surface area contributed by atoms with Crippen molar-refractivity contribution in [2.75, 3.05) is 39.4 Å². The summed E-state index contributed by atoms with van der Waals surface area (Å²) in [7, 11) is 0. The number of ether oxygens (including phenoxy) is 3. The SMILES string of the molecule is CCCC(=O)OC1C(N2CCCCC2)C[C@H]2[C@@H]3CCC4CC(OC(C)=O)C(N5CCOCC5)C[C@]4(C)[C@@H]3CC[C@]12C. The lowest BCUT2D eigenvalue weighted by Crippen LogP contribution is -2.61. The van der Waals surface area contributed by atoms with Gasteiger partial charge in [-0.05, 0) is 106 Å². The van der Waals surface area contributed by atoms with Gasteiger partial charge in [0, 0.05) is 43.9 Å². The first-order chi connectivity index (χ1) is 19.7. The molecule has 0 amide bonds. The van der Waals surface area contributed by atoms with Gasteiger partial charge in [-0.3, -0.25) is 19.4 Å². The molecule has 6 fully saturated rings. The predicted molar refractivity (Wildman–Crippen MR) is 158 cm³/mol. The summed E-state index contributed by atoms with van der Waals surface area (Å²) in [5.74, 6) is 2.46. The normalized spacial score (nSPS) is 45.3. The highest BCUT2D eigenvalue weighted by atomic mass is 16.5. The van der Waals surface area contributed by atoms with Crippen LogP contribution in [0, 0.1) is 34.5 Å². The fourth-order valence-corrected chi connectivity index (χ4v) is 11.0. The molecule has 6 rings (SSSR count). The van der Waals surface area contributed by atoms with Crippen molar-refractivity contribution < 1.29 is 23.8 Å². The quantitative estimate of drug-likeness (QED) is 0.392. The number of rotatable bonds is 6. The van der Waals surface area contributed by atoms with Crippen LogP contribution in [0.3, 0.4) is 0 Å². The first-order valence-electron chi connectivity index (χ1n) is 17.2. The van der Waals surface area contributed by atoms with Gasteiger partial charge in [0.15, 0.2) is 0 Å². The van der Waals surface area contributed by atoms with Crippen molar-refractivity contribution in [3.63, 3.8) is 0 Å². The van der Waals surface area contributed by atoms with Crippen molar-refractivity contribution in [3.05, 3.63) is 0 Å². The number of carbonyl (C=O) groups is 2. The third-order valence-corrected chi connectivity index (χ3v) is 13.0. The lowest BCUT2D eigenvalue weighted by Gasteiger charge is -2.62. The van der Waals surface area contributed by atoms with Crippen molar-refractivity contribution >= 4 is 11.9 Å². The van der Waals surface area contributed by atoms with Crippen LogP contribution in [0.1, 0.15) is 105 Å². The Morgan fingerprint density at radius 2 is 1.59 bits per heavy atom. The van der Waals surface area contributed by atoms with Crippen LogP contribution in [-0.4, -0.2) is 85.4 Å². The molecule has 0 aromatic carbocycles. The van der Waals surface area contributed by atoms with Crippen LogP contribution in [-0.2, 0) is 23.8 Å². The highest BCUT2D eigenvalue weighted by Crippen LogP contribution is 2.67. The molecule has 4 aliphatic carbocycles. The van der Waals surface area contributed by atoms with Gasteiger partial charge in [0.1, 0.15) is 12.2 Å². The van der Waals surface area contributed by atoms with Crippen molar-refractivity contribution in [2.24, 2.45) is 34.5 Å². The van der Waals surface area contributed by atoms with Crippen LogP contribution < -0.4 is 0 Å². The van der Waals surface area contributed by atoms with E-state index in [-0.39, 0.29) is 41.0 Å². The molecule has 0 spiro atoms. The highest BCUT2D eigenvalue weighted by molar-refractivity contribution is 5.69. The molecule has 41 heavy (non-hydrogen) atoms. The van der Waals surface area contributed by atoms with E-state index >= 15 is 0 Å². The Kier molecular flexibility index (Phi) is 8.80. The largest absolute Gasteiger partial charge is 0.461 e. The van der Waals surface area contributed by atoms with Crippen molar-refractivity contribution in [3.8, 4) is 0 Å². The van der Waals surface area contributed by atoms with E-state index in [1.54, 1.807) is 6.92 Å². The molecule has 10 atom stereocenters. The van der Waals surface area contributed by atoms with Crippen LogP contribution in [0.4, 0.5) is 0 Å². The number of fused-ring (bicyclic) bond motifs is 5. The zero-order chi connectivity index (χ0) is 28.8. The van der Waals surface area contributed by atoms with Gasteiger partial charge < -0.3 is 14.2 Å². The molecule has 6 aliphatic rings. The molecule has 7 nitrogen and oxygen atoms in total. The lowest BCUT2D eigenvalue weighted by molar-refractivity contribution is -0.182. The molecule has 7 heteroatoms. The zero-order valence-corrected chi connectivity index (χ0v) is 26.3. The number of morpholine rings is 1. The molecule has 2 heterocycles. The Morgan fingerprint density at radius 1 is 0.854 bits per heavy atom. The van der Waals surface area contributed by atoms with E-state index in [1.807, 2.05) is 0 Å². The number of esters is 2. The lowest BCUT2D eigenvalue weighted by atomic mass is 9.44. The summed E-state index contributed by atoms with van der Waals surface area (Å²) in [5.41, 5.74) is 0.315. The molecule has 0 radical (unpaired) electrons. The first kappa shape index (κ1) is 29.9. The number of piperidine rings is 1. The molecule has 2 aliphatic heterocycles. The molecule has 0 bridgehead atoms. The summed E-state index contributed by atoms with van der Waals surface area (Å²) in [6.07, 6.45) is 13.4. The van der Waals surface area contributed by atoms with E-state index in [0.717, 1.165) is 65.1 Å². The molecule has 0 aromatic heterocycles. The first-order valence-corrected chi connectivity index (χ1v) is 17.2. The Morgan fingerprint density at radius 3 is 2.29 bits per heavy atom. The highest BCUT2D eigenvalue weighted by Gasteiger charge is 2.65. The van der Waals surface area contributed by atoms with Crippen LogP contribution in [0.2, 0.25) is 0 Å². The number of hydrogen-bond acceptors (Lipinski definition) is 7. The van der Waals surface area contributed by atoms with Gasteiger partial charge >= 0.3 is 11.9 Å². The van der Waals surface area contributed by atoms with Crippen LogP contribution in [0.5, 0.6) is 0 Å². The van der Waals surface area contributed by atoms with Gasteiger partial charge in [0.05, 0.1) is 13.2 Å². The topological polar surface area (TPSA) is 68.3 Å². The van der Waals surface area contributed by atoms with Gasteiger partial charge in [0.2, 0.25) is 0 Å². The molecule has 0 aromatic rings. The van der Waals surface area contributed by atoms with E-state index in [2.05, 4.69) is 30.6 Å². The molecule has 5 unspecified atom stereocenters.